The number of halogens is 1. The molecule has 0 saturated carbocycles. The van der Waals surface area contributed by atoms with Crippen LogP contribution in [0, 0.1) is 5.92 Å². The molecule has 1 rings (SSSR count). The van der Waals surface area contributed by atoms with Crippen LogP contribution < -0.4 is 16.2 Å². The average molecular weight is 307 g/mol. The molecule has 1 unspecified atom stereocenters. The van der Waals surface area contributed by atoms with E-state index in [0.29, 0.717) is 0 Å². The van der Waals surface area contributed by atoms with Gasteiger partial charge < -0.3 is 11.5 Å². The van der Waals surface area contributed by atoms with Crippen molar-refractivity contribution in [1.29, 1.82) is 0 Å². The molecule has 19 heavy (non-hydrogen) atoms. The summed E-state index contributed by atoms with van der Waals surface area (Å²) in [7, 11) is -3.94. The molecule has 0 aromatic carbocycles. The van der Waals surface area contributed by atoms with Crippen LogP contribution in [0.2, 0.25) is 5.02 Å². The lowest BCUT2D eigenvalue weighted by atomic mass is 10.1. The number of anilines is 1. The maximum Gasteiger partial charge on any atom is 0.242 e. The van der Waals surface area contributed by atoms with Gasteiger partial charge in [0.15, 0.2) is 0 Å². The quantitative estimate of drug-likeness (QED) is 0.711. The van der Waals surface area contributed by atoms with Gasteiger partial charge in [0.2, 0.25) is 15.9 Å². The van der Waals surface area contributed by atoms with Gasteiger partial charge >= 0.3 is 0 Å². The van der Waals surface area contributed by atoms with E-state index < -0.39 is 22.0 Å². The zero-order valence-corrected chi connectivity index (χ0v) is 12.0. The van der Waals surface area contributed by atoms with Crippen LogP contribution in [0.1, 0.15) is 13.8 Å². The molecule has 1 aromatic rings. The molecule has 0 aliphatic carbocycles. The highest BCUT2D eigenvalue weighted by atomic mass is 35.5. The molecule has 0 saturated heterocycles. The Hall–Kier alpha value is -1.38. The predicted molar refractivity (Wildman–Crippen MR) is 71.8 cm³/mol. The number of nitrogens with one attached hydrogen (secondary N) is 1. The Bertz CT molecular complexity index is 588. The first kappa shape index (κ1) is 15.7. The summed E-state index contributed by atoms with van der Waals surface area (Å²) >= 11 is 5.71. The minimum Gasteiger partial charge on any atom is -0.382 e. The smallest absolute Gasteiger partial charge is 0.242 e. The van der Waals surface area contributed by atoms with E-state index in [2.05, 4.69) is 9.71 Å². The number of nitrogens with zero attached hydrogens (tertiary/aromatic N) is 1. The molecule has 0 fully saturated rings. The summed E-state index contributed by atoms with van der Waals surface area (Å²) < 4.78 is 26.3. The van der Waals surface area contributed by atoms with Crippen LogP contribution in [-0.2, 0) is 14.8 Å². The largest absolute Gasteiger partial charge is 0.382 e. The molecule has 0 spiro atoms. The molecule has 5 N–H and O–H groups in total. The van der Waals surface area contributed by atoms with Crippen molar-refractivity contribution in [2.75, 3.05) is 5.73 Å². The first-order chi connectivity index (χ1) is 8.65. The molecule has 0 radical (unpaired) electrons. The number of primary amides is 1. The van der Waals surface area contributed by atoms with Gasteiger partial charge in [0, 0.05) is 6.20 Å². The minimum absolute atomic E-state index is 0.0167. The van der Waals surface area contributed by atoms with Gasteiger partial charge in [-0.1, -0.05) is 25.4 Å². The fraction of sp³-hybridized carbons (Fsp3) is 0.400. The number of carbonyl (C=O) groups is 1. The summed E-state index contributed by atoms with van der Waals surface area (Å²) in [6.45, 7) is 3.35. The second-order valence-corrected chi connectivity index (χ2v) is 6.40. The summed E-state index contributed by atoms with van der Waals surface area (Å²) in [5.41, 5.74) is 10.5. The summed E-state index contributed by atoms with van der Waals surface area (Å²) in [6.07, 6.45) is 1.06. The van der Waals surface area contributed by atoms with Crippen LogP contribution in [0.15, 0.2) is 17.2 Å². The van der Waals surface area contributed by atoms with E-state index in [1.807, 2.05) is 0 Å². The third-order valence-corrected chi connectivity index (χ3v) is 4.12. The molecule has 1 amide bonds. The highest BCUT2D eigenvalue weighted by Crippen LogP contribution is 2.20. The van der Waals surface area contributed by atoms with E-state index in [1.165, 1.54) is 0 Å². The fourth-order valence-electron chi connectivity index (χ4n) is 1.34. The molecule has 106 valence electrons. The average Bonchev–Trinajstić information content (AvgIpc) is 2.28. The molecular formula is C10H15ClN4O3S. The number of rotatable bonds is 5. The highest BCUT2D eigenvalue weighted by Gasteiger charge is 2.27. The number of amides is 1. The molecule has 9 heteroatoms. The summed E-state index contributed by atoms with van der Waals surface area (Å²) in [5.74, 6) is -1.02. The Morgan fingerprint density at radius 1 is 1.47 bits per heavy atom. The first-order valence-electron chi connectivity index (χ1n) is 5.38. The van der Waals surface area contributed by atoms with Crippen LogP contribution in [-0.4, -0.2) is 25.4 Å². The Morgan fingerprint density at radius 2 is 2.05 bits per heavy atom. The summed E-state index contributed by atoms with van der Waals surface area (Å²) in [5, 5.41) is 0.0167. The second-order valence-electron chi connectivity index (χ2n) is 4.28. The number of sulfonamides is 1. The highest BCUT2D eigenvalue weighted by molar-refractivity contribution is 7.89. The molecule has 1 atom stereocenters. The number of pyridine rings is 1. The van der Waals surface area contributed by atoms with Crippen molar-refractivity contribution in [1.82, 2.24) is 9.71 Å². The number of hydrogen-bond acceptors (Lipinski definition) is 5. The molecule has 7 nitrogen and oxygen atoms in total. The van der Waals surface area contributed by atoms with Crippen LogP contribution in [0.25, 0.3) is 0 Å². The summed E-state index contributed by atoms with van der Waals surface area (Å²) in [6, 6.07) is 0.145. The van der Waals surface area contributed by atoms with Crippen LogP contribution >= 0.6 is 11.6 Å². The van der Waals surface area contributed by atoms with Gasteiger partial charge in [-0.25, -0.2) is 13.4 Å². The van der Waals surface area contributed by atoms with Crippen molar-refractivity contribution in [3.8, 4) is 0 Å². The minimum atomic E-state index is -3.94. The Labute approximate surface area is 116 Å². The van der Waals surface area contributed by atoms with Crippen molar-refractivity contribution in [2.45, 2.75) is 24.8 Å². The topological polar surface area (TPSA) is 128 Å². The molecule has 1 heterocycles. The lowest BCUT2D eigenvalue weighted by molar-refractivity contribution is -0.120. The molecular weight excluding hydrogens is 292 g/mol. The molecule has 0 bridgehead atoms. The normalized spacial score (nSPS) is 13.5. The fourth-order valence-corrected chi connectivity index (χ4v) is 2.89. The van der Waals surface area contributed by atoms with Crippen molar-refractivity contribution in [3.63, 3.8) is 0 Å². The van der Waals surface area contributed by atoms with Gasteiger partial charge in [0.05, 0.1) is 5.02 Å². The van der Waals surface area contributed by atoms with Crippen LogP contribution in [0.3, 0.4) is 0 Å². The number of carbonyl (C=O) groups excluding carboxylic acids is 1. The Balaban J connectivity index is 3.10. The van der Waals surface area contributed by atoms with Crippen LogP contribution in [0.5, 0.6) is 0 Å². The van der Waals surface area contributed by atoms with Gasteiger partial charge in [-0.15, -0.1) is 0 Å². The molecule has 0 aliphatic heterocycles. The zero-order chi connectivity index (χ0) is 14.8. The SMILES string of the molecule is CC(C)C(NS(=O)(=O)c1cnc(N)c(Cl)c1)C(N)=O. The number of hydrogen-bond donors (Lipinski definition) is 3. The van der Waals surface area contributed by atoms with Gasteiger partial charge in [-0.3, -0.25) is 4.79 Å². The Kier molecular flexibility index (Phi) is 4.72. The van der Waals surface area contributed by atoms with E-state index in [-0.39, 0.29) is 21.7 Å². The van der Waals surface area contributed by atoms with Gasteiger partial charge in [-0.2, -0.15) is 4.72 Å². The van der Waals surface area contributed by atoms with Crippen molar-refractivity contribution in [2.24, 2.45) is 11.7 Å². The molecule has 0 aliphatic rings. The van der Waals surface area contributed by atoms with E-state index in [1.54, 1.807) is 13.8 Å². The lowest BCUT2D eigenvalue weighted by Gasteiger charge is -2.18. The van der Waals surface area contributed by atoms with E-state index in [0.717, 1.165) is 12.3 Å². The van der Waals surface area contributed by atoms with E-state index in [4.69, 9.17) is 23.1 Å². The van der Waals surface area contributed by atoms with Crippen molar-refractivity contribution >= 4 is 33.3 Å². The summed E-state index contributed by atoms with van der Waals surface area (Å²) in [4.78, 5) is 14.7. The standard InChI is InChI=1S/C10H15ClN4O3S/c1-5(2)8(10(13)16)15-19(17,18)6-3-7(11)9(12)14-4-6/h3-5,8,15H,1-2H3,(H2,12,14)(H2,13,16). The lowest BCUT2D eigenvalue weighted by Crippen LogP contribution is -2.47. The van der Waals surface area contributed by atoms with Crippen LogP contribution in [0.4, 0.5) is 5.82 Å². The van der Waals surface area contributed by atoms with Gasteiger partial charge in [0.25, 0.3) is 0 Å². The van der Waals surface area contributed by atoms with Gasteiger partial charge in [0.1, 0.15) is 16.8 Å². The second kappa shape index (κ2) is 5.72. The van der Waals surface area contributed by atoms with Gasteiger partial charge in [-0.05, 0) is 12.0 Å². The molecule has 1 aromatic heterocycles. The van der Waals surface area contributed by atoms with Crippen molar-refractivity contribution in [3.05, 3.63) is 17.3 Å². The first-order valence-corrected chi connectivity index (χ1v) is 7.24. The number of aromatic nitrogens is 1. The Morgan fingerprint density at radius 3 is 2.47 bits per heavy atom. The maximum atomic E-state index is 12.1. The monoisotopic (exact) mass is 306 g/mol. The third-order valence-electron chi connectivity index (χ3n) is 2.41. The van der Waals surface area contributed by atoms with Crippen molar-refractivity contribution < 1.29 is 13.2 Å². The number of nitrogen functional groups attached to an aromatic ring is 1. The van der Waals surface area contributed by atoms with E-state index >= 15 is 0 Å². The predicted octanol–water partition coefficient (Wildman–Crippen LogP) is 0.105. The third kappa shape index (κ3) is 3.79. The zero-order valence-electron chi connectivity index (χ0n) is 10.4. The maximum absolute atomic E-state index is 12.1. The number of nitrogens with two attached hydrogens (primary N) is 2. The van der Waals surface area contributed by atoms with E-state index in [9.17, 15) is 13.2 Å².